The number of alkyl halides is 3. The fourth-order valence-corrected chi connectivity index (χ4v) is 1.78. The van der Waals surface area contributed by atoms with Crippen LogP contribution in [0.2, 0.25) is 0 Å². The third kappa shape index (κ3) is 3.30. The van der Waals surface area contributed by atoms with Crippen LogP contribution in [0.15, 0.2) is 6.07 Å². The fraction of sp³-hybridized carbons (Fsp3) is 0.455. The Bertz CT molecular complexity index is 509. The topological polar surface area (TPSA) is 39.6 Å². The van der Waals surface area contributed by atoms with E-state index in [2.05, 4.69) is 4.98 Å². The molecular formula is C11H11F3N2S. The van der Waals surface area contributed by atoms with Crippen molar-refractivity contribution >= 4 is 12.2 Å². The van der Waals surface area contributed by atoms with E-state index in [1.54, 1.807) is 0 Å². The molecule has 0 fully saturated rings. The largest absolute Gasteiger partial charge is 0.417 e. The Balaban J connectivity index is 3.41. The van der Waals surface area contributed by atoms with E-state index in [1.807, 2.05) is 13.8 Å². The predicted molar refractivity (Wildman–Crippen MR) is 59.9 cm³/mol. The summed E-state index contributed by atoms with van der Waals surface area (Å²) in [6.45, 7) is 3.78. The van der Waals surface area contributed by atoms with Crippen molar-refractivity contribution in [3.8, 4) is 6.07 Å². The van der Waals surface area contributed by atoms with Crippen molar-refractivity contribution in [2.75, 3.05) is 0 Å². The van der Waals surface area contributed by atoms with E-state index < -0.39 is 17.3 Å². The second-order valence-electron chi connectivity index (χ2n) is 4.12. The Morgan fingerprint density at radius 1 is 1.47 bits per heavy atom. The van der Waals surface area contributed by atoms with Gasteiger partial charge in [0, 0.05) is 5.69 Å². The molecule has 17 heavy (non-hydrogen) atoms. The van der Waals surface area contributed by atoms with Crippen LogP contribution >= 0.6 is 12.2 Å². The Labute approximate surface area is 102 Å². The normalized spacial score (nSPS) is 11.6. The number of nitrogens with zero attached hydrogens (tertiary/aromatic N) is 1. The Morgan fingerprint density at radius 2 is 2.06 bits per heavy atom. The molecule has 0 bridgehead atoms. The molecule has 92 valence electrons. The molecule has 1 aromatic rings. The van der Waals surface area contributed by atoms with Gasteiger partial charge in [0.05, 0.1) is 11.1 Å². The molecule has 0 saturated carbocycles. The van der Waals surface area contributed by atoms with Crippen LogP contribution in [0.1, 0.15) is 30.7 Å². The molecule has 0 aliphatic rings. The zero-order chi connectivity index (χ0) is 13.2. The molecule has 0 saturated heterocycles. The van der Waals surface area contributed by atoms with Gasteiger partial charge in [-0.15, -0.1) is 0 Å². The maximum atomic E-state index is 12.7. The van der Waals surface area contributed by atoms with Crippen LogP contribution in [0.4, 0.5) is 13.2 Å². The Kier molecular flexibility index (Phi) is 3.94. The maximum Gasteiger partial charge on any atom is 0.417 e. The lowest BCUT2D eigenvalue weighted by Crippen LogP contribution is -2.11. The Morgan fingerprint density at radius 3 is 2.47 bits per heavy atom. The van der Waals surface area contributed by atoms with Gasteiger partial charge in [0.2, 0.25) is 0 Å². The van der Waals surface area contributed by atoms with E-state index in [-0.39, 0.29) is 10.6 Å². The molecule has 2 nitrogen and oxygen atoms in total. The standard InChI is InChI=1S/C11H11F3N2S/c1-6(2)3-7-4-9(11(12,13)14)8(5-15)10(17)16-7/h4,6H,3H2,1-2H3,(H,16,17). The molecule has 0 atom stereocenters. The summed E-state index contributed by atoms with van der Waals surface area (Å²) in [5.41, 5.74) is -1.07. The second-order valence-corrected chi connectivity index (χ2v) is 4.53. The number of aromatic nitrogens is 1. The van der Waals surface area contributed by atoms with Crippen LogP contribution < -0.4 is 0 Å². The second kappa shape index (κ2) is 4.88. The van der Waals surface area contributed by atoms with Crippen molar-refractivity contribution in [3.63, 3.8) is 0 Å². The smallest absolute Gasteiger partial charge is 0.349 e. The molecule has 0 spiro atoms. The molecule has 1 rings (SSSR count). The lowest BCUT2D eigenvalue weighted by atomic mass is 10.0. The summed E-state index contributed by atoms with van der Waals surface area (Å²) in [4.78, 5) is 2.66. The molecular weight excluding hydrogens is 249 g/mol. The van der Waals surface area contributed by atoms with Crippen LogP contribution in [0.25, 0.3) is 0 Å². The van der Waals surface area contributed by atoms with E-state index in [1.165, 1.54) is 6.07 Å². The molecule has 0 aliphatic heterocycles. The minimum Gasteiger partial charge on any atom is -0.349 e. The molecule has 0 amide bonds. The predicted octanol–water partition coefficient (Wildman–Crippen LogP) is 3.83. The van der Waals surface area contributed by atoms with Gasteiger partial charge in [0.25, 0.3) is 0 Å². The number of H-pyrrole nitrogens is 1. The summed E-state index contributed by atoms with van der Waals surface area (Å²) in [5, 5.41) is 8.70. The zero-order valence-electron chi connectivity index (χ0n) is 9.35. The monoisotopic (exact) mass is 260 g/mol. The first-order valence-corrected chi connectivity index (χ1v) is 5.40. The summed E-state index contributed by atoms with van der Waals surface area (Å²) in [5.74, 6) is 0.203. The van der Waals surface area contributed by atoms with Crippen molar-refractivity contribution in [2.24, 2.45) is 5.92 Å². The number of nitrogens with one attached hydrogen (secondary N) is 1. The van der Waals surface area contributed by atoms with Gasteiger partial charge in [0.1, 0.15) is 10.7 Å². The van der Waals surface area contributed by atoms with Crippen molar-refractivity contribution in [3.05, 3.63) is 27.5 Å². The fourth-order valence-electron chi connectivity index (χ4n) is 1.50. The van der Waals surface area contributed by atoms with Crippen LogP contribution in [0.3, 0.4) is 0 Å². The van der Waals surface area contributed by atoms with E-state index in [4.69, 9.17) is 17.5 Å². The molecule has 1 N–H and O–H groups in total. The van der Waals surface area contributed by atoms with Gasteiger partial charge < -0.3 is 4.98 Å². The minimum atomic E-state index is -4.56. The van der Waals surface area contributed by atoms with Crippen molar-refractivity contribution < 1.29 is 13.2 Å². The van der Waals surface area contributed by atoms with Gasteiger partial charge in [0.15, 0.2) is 0 Å². The molecule has 1 heterocycles. The van der Waals surface area contributed by atoms with E-state index in [0.717, 1.165) is 6.07 Å². The summed E-state index contributed by atoms with van der Waals surface area (Å²) in [7, 11) is 0. The molecule has 1 aromatic heterocycles. The van der Waals surface area contributed by atoms with E-state index >= 15 is 0 Å². The van der Waals surface area contributed by atoms with Gasteiger partial charge in [-0.25, -0.2) is 0 Å². The van der Waals surface area contributed by atoms with Gasteiger partial charge in [-0.1, -0.05) is 26.1 Å². The first-order valence-electron chi connectivity index (χ1n) is 4.99. The third-order valence-electron chi connectivity index (χ3n) is 2.13. The van der Waals surface area contributed by atoms with Crippen LogP contribution in [-0.2, 0) is 12.6 Å². The summed E-state index contributed by atoms with van der Waals surface area (Å²) >= 11 is 4.77. The average molecular weight is 260 g/mol. The van der Waals surface area contributed by atoms with Gasteiger partial charge in [-0.05, 0) is 18.4 Å². The minimum absolute atomic E-state index is 0.155. The lowest BCUT2D eigenvalue weighted by molar-refractivity contribution is -0.137. The highest BCUT2D eigenvalue weighted by Gasteiger charge is 2.34. The number of aromatic amines is 1. The molecule has 0 aromatic carbocycles. The Hall–Kier alpha value is -1.35. The average Bonchev–Trinajstić information content (AvgIpc) is 2.14. The summed E-state index contributed by atoms with van der Waals surface area (Å²) in [6.07, 6.45) is -4.10. The number of hydrogen-bond acceptors (Lipinski definition) is 2. The van der Waals surface area contributed by atoms with Crippen LogP contribution in [-0.4, -0.2) is 4.98 Å². The highest BCUT2D eigenvalue weighted by Crippen LogP contribution is 2.32. The number of pyridine rings is 1. The first kappa shape index (κ1) is 13.7. The highest BCUT2D eigenvalue weighted by molar-refractivity contribution is 7.71. The molecule has 0 aliphatic carbocycles. The van der Waals surface area contributed by atoms with Crippen molar-refractivity contribution in [1.82, 2.24) is 4.98 Å². The van der Waals surface area contributed by atoms with E-state index in [9.17, 15) is 13.2 Å². The number of halogens is 3. The van der Waals surface area contributed by atoms with Gasteiger partial charge in [-0.3, -0.25) is 0 Å². The highest BCUT2D eigenvalue weighted by atomic mass is 32.1. The van der Waals surface area contributed by atoms with Gasteiger partial charge in [-0.2, -0.15) is 18.4 Å². The van der Waals surface area contributed by atoms with E-state index in [0.29, 0.717) is 12.1 Å². The summed E-state index contributed by atoms with van der Waals surface area (Å²) < 4.78 is 38.0. The molecule has 6 heteroatoms. The summed E-state index contributed by atoms with van der Waals surface area (Å²) in [6, 6.07) is 2.46. The lowest BCUT2D eigenvalue weighted by Gasteiger charge is -2.12. The number of nitriles is 1. The zero-order valence-corrected chi connectivity index (χ0v) is 10.2. The van der Waals surface area contributed by atoms with Crippen molar-refractivity contribution in [1.29, 1.82) is 5.26 Å². The van der Waals surface area contributed by atoms with Crippen LogP contribution in [0.5, 0.6) is 0 Å². The van der Waals surface area contributed by atoms with Crippen LogP contribution in [0, 0.1) is 21.9 Å². The number of rotatable bonds is 2. The molecule has 0 radical (unpaired) electrons. The maximum absolute atomic E-state index is 12.7. The van der Waals surface area contributed by atoms with Gasteiger partial charge >= 0.3 is 6.18 Å². The number of hydrogen-bond donors (Lipinski definition) is 1. The third-order valence-corrected chi connectivity index (χ3v) is 2.44. The SMILES string of the molecule is CC(C)Cc1cc(C(F)(F)F)c(C#N)c(=S)[nH]1. The first-order chi connectivity index (χ1) is 7.75. The quantitative estimate of drug-likeness (QED) is 0.821. The molecule has 0 unspecified atom stereocenters. The van der Waals surface area contributed by atoms with Crippen molar-refractivity contribution in [2.45, 2.75) is 26.4 Å².